The van der Waals surface area contributed by atoms with Crippen LogP contribution in [0.1, 0.15) is 6.23 Å². The lowest BCUT2D eigenvalue weighted by Gasteiger charge is -2.29. The van der Waals surface area contributed by atoms with Crippen molar-refractivity contribution >= 4 is 17.1 Å². The topological polar surface area (TPSA) is 207 Å². The van der Waals surface area contributed by atoms with E-state index in [-0.39, 0.29) is 30.3 Å². The van der Waals surface area contributed by atoms with Crippen molar-refractivity contribution in [2.45, 2.75) is 48.6 Å². The van der Waals surface area contributed by atoms with Crippen molar-refractivity contribution < 1.29 is 39.4 Å². The Kier molecular flexibility index (Phi) is 4.57. The molecule has 14 nitrogen and oxygen atoms in total. The number of aromatic amines is 1. The molecule has 3 aliphatic rings. The normalized spacial score (nSPS) is 40.6. The lowest BCUT2D eigenvalue weighted by atomic mass is 10.0. The van der Waals surface area contributed by atoms with Gasteiger partial charge in [-0.3, -0.25) is 14.3 Å². The number of rotatable bonds is 5. The summed E-state index contributed by atoms with van der Waals surface area (Å²) in [6, 6.07) is 0. The van der Waals surface area contributed by atoms with E-state index in [2.05, 4.69) is 15.0 Å². The van der Waals surface area contributed by atoms with Crippen LogP contribution in [-0.4, -0.2) is 102 Å². The fraction of sp³-hybridized carbons (Fsp3) is 0.688. The second-order valence-electron chi connectivity index (χ2n) is 7.58. The average molecular weight is 427 g/mol. The molecular weight excluding hydrogens is 406 g/mol. The highest BCUT2D eigenvalue weighted by Gasteiger charge is 2.61. The Labute approximate surface area is 167 Å². The molecule has 2 aromatic heterocycles. The zero-order chi connectivity index (χ0) is 21.2. The zero-order valence-corrected chi connectivity index (χ0v) is 15.5. The van der Waals surface area contributed by atoms with Gasteiger partial charge in [0.1, 0.15) is 36.1 Å². The molecule has 0 unspecified atom stereocenters. The highest BCUT2D eigenvalue weighted by Crippen LogP contribution is 2.40. The Balaban J connectivity index is 1.31. The van der Waals surface area contributed by atoms with Gasteiger partial charge in [-0.05, 0) is 0 Å². The van der Waals surface area contributed by atoms with Crippen LogP contribution in [0, 0.1) is 0 Å². The first-order valence-corrected chi connectivity index (χ1v) is 9.28. The zero-order valence-electron chi connectivity index (χ0n) is 15.5. The summed E-state index contributed by atoms with van der Waals surface area (Å²) >= 11 is 0. The number of fused-ring (bicyclic) bond motifs is 3. The molecule has 3 aliphatic heterocycles. The number of imidazole rings is 1. The van der Waals surface area contributed by atoms with E-state index in [0.717, 1.165) is 0 Å². The molecule has 2 bridgehead atoms. The summed E-state index contributed by atoms with van der Waals surface area (Å²) in [4.78, 5) is 22.2. The van der Waals surface area contributed by atoms with Crippen LogP contribution in [0.15, 0.2) is 11.1 Å². The largest absolute Gasteiger partial charge is 0.393 e. The first-order valence-electron chi connectivity index (χ1n) is 9.28. The summed E-state index contributed by atoms with van der Waals surface area (Å²) in [5.41, 5.74) is 3.89. The lowest BCUT2D eigenvalue weighted by Crippen LogP contribution is -2.45. The van der Waals surface area contributed by atoms with Gasteiger partial charge in [0.05, 0.1) is 26.1 Å². The van der Waals surface area contributed by atoms with Gasteiger partial charge in [0, 0.05) is 0 Å². The maximum atomic E-state index is 11.9. The van der Waals surface area contributed by atoms with Crippen LogP contribution in [0.25, 0.3) is 11.2 Å². The van der Waals surface area contributed by atoms with Gasteiger partial charge in [-0.25, -0.2) is 4.98 Å². The summed E-state index contributed by atoms with van der Waals surface area (Å²) in [5.74, 6) is -0.132. The van der Waals surface area contributed by atoms with Gasteiger partial charge in [-0.2, -0.15) is 4.98 Å². The molecule has 0 aliphatic carbocycles. The van der Waals surface area contributed by atoms with E-state index in [1.54, 1.807) is 0 Å². The number of hydrogen-bond acceptors (Lipinski definition) is 12. The minimum atomic E-state index is -1.37. The van der Waals surface area contributed by atoms with E-state index in [4.69, 9.17) is 24.7 Å². The van der Waals surface area contributed by atoms with Gasteiger partial charge >= 0.3 is 0 Å². The van der Waals surface area contributed by atoms with E-state index in [0.29, 0.717) is 0 Å². The maximum absolute atomic E-state index is 11.9. The molecular formula is C16H21N5O9. The fourth-order valence-electron chi connectivity index (χ4n) is 4.06. The standard InChI is InChI=1S/C16H21N5O9/c17-15-19-11-6(12(26)20-15)18-4-21(11)13-8(24)7(23)5(29-13)1-27-14-9-10(25)16(2-22,30-14)3-28-9/h4-5,7-10,13-14,22-25H,1-3H2,(H3,17,19,20,26)/t5-,7-,8-,9-,10+,13-,14-,16+/m1/s1. The Morgan fingerprint density at radius 1 is 1.37 bits per heavy atom. The number of anilines is 1. The number of aliphatic hydroxyl groups excluding tert-OH is 4. The molecule has 0 aromatic carbocycles. The van der Waals surface area contributed by atoms with Crippen molar-refractivity contribution in [1.82, 2.24) is 19.5 Å². The van der Waals surface area contributed by atoms with E-state index in [1.165, 1.54) is 10.9 Å². The molecule has 164 valence electrons. The summed E-state index contributed by atoms with van der Waals surface area (Å²) < 4.78 is 23.6. The predicted octanol–water partition coefficient (Wildman–Crippen LogP) is -3.82. The highest BCUT2D eigenvalue weighted by molar-refractivity contribution is 5.70. The third-order valence-corrected chi connectivity index (χ3v) is 5.74. The van der Waals surface area contributed by atoms with Crippen LogP contribution < -0.4 is 11.3 Å². The molecule has 0 radical (unpaired) electrons. The highest BCUT2D eigenvalue weighted by atomic mass is 16.8. The molecule has 0 saturated carbocycles. The van der Waals surface area contributed by atoms with Crippen molar-refractivity contribution in [1.29, 1.82) is 0 Å². The first-order chi connectivity index (χ1) is 14.3. The third kappa shape index (κ3) is 2.77. The minimum Gasteiger partial charge on any atom is -0.393 e. The third-order valence-electron chi connectivity index (χ3n) is 5.74. The van der Waals surface area contributed by atoms with Crippen LogP contribution >= 0.6 is 0 Å². The quantitative estimate of drug-likeness (QED) is 0.271. The smallest absolute Gasteiger partial charge is 0.280 e. The number of ether oxygens (including phenoxy) is 4. The van der Waals surface area contributed by atoms with Gasteiger partial charge in [-0.15, -0.1) is 0 Å². The summed E-state index contributed by atoms with van der Waals surface area (Å²) in [6.45, 7) is -0.589. The molecule has 5 rings (SSSR count). The number of nitrogens with one attached hydrogen (secondary N) is 1. The van der Waals surface area contributed by atoms with Gasteiger partial charge in [0.2, 0.25) is 5.95 Å². The fourth-order valence-corrected chi connectivity index (χ4v) is 4.06. The number of nitrogens with two attached hydrogens (primary N) is 1. The lowest BCUT2D eigenvalue weighted by molar-refractivity contribution is -0.259. The van der Waals surface area contributed by atoms with E-state index < -0.39 is 60.8 Å². The van der Waals surface area contributed by atoms with Gasteiger partial charge in [0.15, 0.2) is 23.7 Å². The summed E-state index contributed by atoms with van der Waals surface area (Å²) in [6.07, 6.45) is -6.31. The average Bonchev–Trinajstić information content (AvgIpc) is 3.43. The Bertz CT molecular complexity index is 1010. The second kappa shape index (κ2) is 6.93. The second-order valence-corrected chi connectivity index (χ2v) is 7.58. The molecule has 7 N–H and O–H groups in total. The van der Waals surface area contributed by atoms with Crippen molar-refractivity contribution in [2.75, 3.05) is 25.6 Å². The first kappa shape index (κ1) is 19.8. The molecule has 8 atom stereocenters. The SMILES string of the molecule is Nc1nc2c(ncn2[C@@H]2O[C@H](CO[C@@H]3O[C@@]4(CO)CO[C@@H]3[C@@H]4O)[C@@H](O)[C@H]2O)c(=O)[nH]1. The van der Waals surface area contributed by atoms with E-state index in [9.17, 15) is 25.2 Å². The summed E-state index contributed by atoms with van der Waals surface area (Å²) in [7, 11) is 0. The minimum absolute atomic E-state index is 0.00464. The van der Waals surface area contributed by atoms with Crippen molar-refractivity contribution in [3.63, 3.8) is 0 Å². The van der Waals surface area contributed by atoms with E-state index >= 15 is 0 Å². The van der Waals surface area contributed by atoms with E-state index in [1.807, 2.05) is 0 Å². The van der Waals surface area contributed by atoms with Crippen LogP contribution in [0.3, 0.4) is 0 Å². The molecule has 3 fully saturated rings. The monoisotopic (exact) mass is 427 g/mol. The summed E-state index contributed by atoms with van der Waals surface area (Å²) in [5, 5.41) is 40.5. The van der Waals surface area contributed by atoms with Crippen LogP contribution in [-0.2, 0) is 18.9 Å². The number of nitrogen functional groups attached to an aromatic ring is 1. The number of aliphatic hydroxyl groups is 4. The molecule has 3 saturated heterocycles. The molecule has 2 aromatic rings. The number of nitrogens with zero attached hydrogens (tertiary/aromatic N) is 3. The number of aromatic nitrogens is 4. The Hall–Kier alpha value is -2.17. The van der Waals surface area contributed by atoms with Crippen LogP contribution in [0.4, 0.5) is 5.95 Å². The molecule has 14 heteroatoms. The van der Waals surface area contributed by atoms with Gasteiger partial charge < -0.3 is 45.1 Å². The van der Waals surface area contributed by atoms with Crippen molar-refractivity contribution in [3.05, 3.63) is 16.7 Å². The predicted molar refractivity (Wildman–Crippen MR) is 94.9 cm³/mol. The number of H-pyrrole nitrogens is 1. The maximum Gasteiger partial charge on any atom is 0.280 e. The van der Waals surface area contributed by atoms with Crippen LogP contribution in [0.2, 0.25) is 0 Å². The number of hydrogen-bond donors (Lipinski definition) is 6. The van der Waals surface area contributed by atoms with Gasteiger partial charge in [-0.1, -0.05) is 0 Å². The Morgan fingerprint density at radius 3 is 2.90 bits per heavy atom. The molecule has 0 spiro atoms. The molecule has 30 heavy (non-hydrogen) atoms. The Morgan fingerprint density at radius 2 is 2.17 bits per heavy atom. The molecule has 0 amide bonds. The van der Waals surface area contributed by atoms with Crippen molar-refractivity contribution in [3.8, 4) is 0 Å². The van der Waals surface area contributed by atoms with Crippen LogP contribution in [0.5, 0.6) is 0 Å². The molecule has 5 heterocycles. The van der Waals surface area contributed by atoms with Crippen molar-refractivity contribution in [2.24, 2.45) is 0 Å². The van der Waals surface area contributed by atoms with Gasteiger partial charge in [0.25, 0.3) is 5.56 Å².